The minimum atomic E-state index is -4.41. The molecule has 0 aliphatic carbocycles. The summed E-state index contributed by atoms with van der Waals surface area (Å²) in [6.45, 7) is 1.78. The monoisotopic (exact) mass is 547 g/mol. The van der Waals surface area contributed by atoms with Crippen LogP contribution in [0.3, 0.4) is 0 Å². The molecule has 0 atom stereocenters. The molecule has 1 aliphatic heterocycles. The molecule has 0 spiro atoms. The lowest BCUT2D eigenvalue weighted by Crippen LogP contribution is -2.30. The van der Waals surface area contributed by atoms with Gasteiger partial charge >= 0.3 is 16.2 Å². The van der Waals surface area contributed by atoms with Gasteiger partial charge in [0, 0.05) is 0 Å². The van der Waals surface area contributed by atoms with Gasteiger partial charge in [-0.05, 0) is 60.4 Å². The molecule has 0 saturated heterocycles. The summed E-state index contributed by atoms with van der Waals surface area (Å²) in [5.74, 6) is -3.11. The largest absolute Gasteiger partial charge is 0.493 e. The highest BCUT2D eigenvalue weighted by molar-refractivity contribution is 7.92. The summed E-state index contributed by atoms with van der Waals surface area (Å²) in [5.41, 5.74) is 1.34. The number of sulfonamides is 1. The summed E-state index contributed by atoms with van der Waals surface area (Å²) in [4.78, 5) is 12.8. The van der Waals surface area contributed by atoms with E-state index >= 15 is 4.39 Å². The molecule has 4 rings (SSSR count). The number of carbonyl (C=O) groups excluding carboxylic acids is 1. The smallest absolute Gasteiger partial charge is 0.343 e. The number of ether oxygens (including phenoxy) is 1. The summed E-state index contributed by atoms with van der Waals surface area (Å²) in [6, 6.07) is 15.2. The molecule has 3 aromatic carbocycles. The number of halogens is 1. The van der Waals surface area contributed by atoms with E-state index in [-0.39, 0.29) is 23.2 Å². The zero-order valence-electron chi connectivity index (χ0n) is 19.6. The number of rotatable bonds is 7. The summed E-state index contributed by atoms with van der Waals surface area (Å²) < 4.78 is 74.1. The Morgan fingerprint density at radius 3 is 2.46 bits per heavy atom. The van der Waals surface area contributed by atoms with Crippen LogP contribution < -0.4 is 18.5 Å². The van der Waals surface area contributed by atoms with Crippen LogP contribution in [0.2, 0.25) is 0 Å². The van der Waals surface area contributed by atoms with Crippen LogP contribution >= 0.6 is 0 Å². The van der Waals surface area contributed by atoms with E-state index in [9.17, 15) is 26.7 Å². The third-order valence-electron chi connectivity index (χ3n) is 5.21. The topological polar surface area (TPSA) is 142 Å². The van der Waals surface area contributed by atoms with Gasteiger partial charge in [0.05, 0.1) is 23.7 Å². The number of carbonyl (C=O) groups is 1. The second kappa shape index (κ2) is 9.75. The fourth-order valence-electron chi connectivity index (χ4n) is 3.69. The van der Waals surface area contributed by atoms with Gasteiger partial charge in [-0.15, -0.1) is 0 Å². The Morgan fingerprint density at radius 1 is 1.14 bits per heavy atom. The molecule has 10 nitrogen and oxygen atoms in total. The summed E-state index contributed by atoms with van der Waals surface area (Å²) in [5, 5.41) is 9.68. The molecule has 0 aromatic heterocycles. The van der Waals surface area contributed by atoms with Crippen molar-refractivity contribution >= 4 is 37.6 Å². The van der Waals surface area contributed by atoms with Crippen LogP contribution in [-0.4, -0.2) is 34.2 Å². The molecule has 1 aliphatic rings. The van der Waals surface area contributed by atoms with Gasteiger partial charge in [-0.25, -0.2) is 26.6 Å². The number of hydrogen-bond donors (Lipinski definition) is 3. The second-order valence-corrected chi connectivity index (χ2v) is 11.6. The third kappa shape index (κ3) is 6.01. The molecule has 3 aromatic rings. The lowest BCUT2D eigenvalue weighted by molar-refractivity contribution is 0.0735. The van der Waals surface area contributed by atoms with Crippen LogP contribution in [0.15, 0.2) is 72.7 Å². The summed E-state index contributed by atoms with van der Waals surface area (Å²) in [6.07, 6.45) is 1.75. The number of esters is 1. The molecule has 194 valence electrons. The van der Waals surface area contributed by atoms with Gasteiger partial charge in [-0.2, -0.15) is 8.42 Å². The number of aliphatic hydroxyl groups excluding tert-OH is 1. The Hall–Kier alpha value is -4.10. The molecule has 0 unspecified atom stereocenters. The Labute approximate surface area is 213 Å². The van der Waals surface area contributed by atoms with Crippen molar-refractivity contribution in [1.29, 1.82) is 0 Å². The normalized spacial score (nSPS) is 14.6. The van der Waals surface area contributed by atoms with Crippen molar-refractivity contribution in [2.24, 2.45) is 0 Å². The second-order valence-electron chi connectivity index (χ2n) is 8.31. The van der Waals surface area contributed by atoms with Crippen molar-refractivity contribution < 1.29 is 35.9 Å². The molecule has 0 amide bonds. The van der Waals surface area contributed by atoms with Gasteiger partial charge in [-0.1, -0.05) is 30.3 Å². The molecule has 0 fully saturated rings. The minimum Gasteiger partial charge on any atom is -0.493 e. The van der Waals surface area contributed by atoms with Crippen molar-refractivity contribution in [2.75, 3.05) is 15.3 Å². The van der Waals surface area contributed by atoms with Gasteiger partial charge in [0.1, 0.15) is 5.69 Å². The maximum atomic E-state index is 15.5. The first-order valence-electron chi connectivity index (χ1n) is 10.7. The Balaban J connectivity index is 1.80. The highest BCUT2D eigenvalue weighted by atomic mass is 32.2. The van der Waals surface area contributed by atoms with Gasteiger partial charge in [0.2, 0.25) is 15.9 Å². The fraction of sp³-hybridized carbons (Fsp3) is 0.125. The van der Waals surface area contributed by atoms with E-state index in [4.69, 9.17) is 4.74 Å². The van der Waals surface area contributed by atoms with Crippen LogP contribution in [0.25, 0.3) is 0 Å². The molecule has 1 heterocycles. The van der Waals surface area contributed by atoms with Crippen molar-refractivity contribution in [1.82, 2.24) is 4.72 Å². The van der Waals surface area contributed by atoms with E-state index < -0.39 is 49.3 Å². The molecule has 3 N–H and O–H groups in total. The molecule has 13 heteroatoms. The van der Waals surface area contributed by atoms with E-state index in [1.165, 1.54) is 18.2 Å². The van der Waals surface area contributed by atoms with Crippen molar-refractivity contribution in [3.05, 3.63) is 101 Å². The number of benzene rings is 3. The maximum absolute atomic E-state index is 15.5. The quantitative estimate of drug-likeness (QED) is 0.304. The molecular formula is C24H22FN3O7S2. The predicted molar refractivity (Wildman–Crippen MR) is 135 cm³/mol. The molecule has 0 radical (unpaired) electrons. The summed E-state index contributed by atoms with van der Waals surface area (Å²) in [7, 11) is -8.02. The van der Waals surface area contributed by atoms with Crippen molar-refractivity contribution in [2.45, 2.75) is 13.3 Å². The first kappa shape index (κ1) is 26.0. The minimum absolute atomic E-state index is 0.0112. The van der Waals surface area contributed by atoms with Gasteiger partial charge < -0.3 is 9.84 Å². The maximum Gasteiger partial charge on any atom is 0.343 e. The fourth-order valence-corrected chi connectivity index (χ4v) is 5.35. The van der Waals surface area contributed by atoms with E-state index in [1.807, 2.05) is 4.72 Å². The van der Waals surface area contributed by atoms with Crippen molar-refractivity contribution in [3.8, 4) is 5.75 Å². The Kier molecular flexibility index (Phi) is 6.84. The third-order valence-corrected chi connectivity index (χ3v) is 7.07. The van der Waals surface area contributed by atoms with E-state index in [1.54, 1.807) is 43.3 Å². The van der Waals surface area contributed by atoms with Crippen LogP contribution in [0.1, 0.15) is 27.0 Å². The van der Waals surface area contributed by atoms with E-state index in [0.29, 0.717) is 9.87 Å². The number of aliphatic hydroxyl groups is 1. The number of hydrogen-bond acceptors (Lipinski definition) is 7. The zero-order valence-corrected chi connectivity index (χ0v) is 21.2. The molecule has 0 saturated carbocycles. The molecule has 0 bridgehead atoms. The first-order valence-corrected chi connectivity index (χ1v) is 14.1. The van der Waals surface area contributed by atoms with Gasteiger partial charge in [0.25, 0.3) is 0 Å². The van der Waals surface area contributed by atoms with Crippen LogP contribution in [0.4, 0.5) is 15.8 Å². The van der Waals surface area contributed by atoms with Crippen LogP contribution in [-0.2, 0) is 26.7 Å². The van der Waals surface area contributed by atoms with E-state index in [0.717, 1.165) is 24.1 Å². The standard InChI is InChI=1S/C24H22FN3O7S2/c1-15-8-9-18(20(10-15)26-36(2,31)32)11-16-12-19(25)23(28-14-22(29)27-37(28,33)34)21(13-16)35-24(30)17-6-4-3-5-7-17/h3-10,12-14,26-27,29H,11H2,1-2H3. The Bertz CT molecular complexity index is 1620. The van der Waals surface area contributed by atoms with E-state index in [2.05, 4.69) is 4.72 Å². The lowest BCUT2D eigenvalue weighted by atomic mass is 10.0. The number of aryl methyl sites for hydroxylation is 1. The van der Waals surface area contributed by atoms with Gasteiger partial charge in [-0.3, -0.25) is 4.72 Å². The molecule has 37 heavy (non-hydrogen) atoms. The zero-order chi connectivity index (χ0) is 27.0. The summed E-state index contributed by atoms with van der Waals surface area (Å²) >= 11 is 0. The van der Waals surface area contributed by atoms with Gasteiger partial charge in [0.15, 0.2) is 11.6 Å². The Morgan fingerprint density at radius 2 is 1.84 bits per heavy atom. The number of anilines is 2. The van der Waals surface area contributed by atoms with Crippen LogP contribution in [0, 0.1) is 12.7 Å². The highest BCUT2D eigenvalue weighted by Crippen LogP contribution is 2.38. The first-order chi connectivity index (χ1) is 17.3. The average Bonchev–Trinajstić information content (AvgIpc) is 3.06. The predicted octanol–water partition coefficient (Wildman–Crippen LogP) is 3.33. The molecular weight excluding hydrogens is 525 g/mol. The number of nitrogens with zero attached hydrogens (tertiary/aromatic N) is 1. The average molecular weight is 548 g/mol. The SMILES string of the molecule is Cc1ccc(Cc2cc(F)c(N3C=C(O)NS3(=O)=O)c(OC(=O)c3ccccc3)c2)c(NS(C)(=O)=O)c1. The lowest BCUT2D eigenvalue weighted by Gasteiger charge is -2.20. The highest BCUT2D eigenvalue weighted by Gasteiger charge is 2.34. The van der Waals surface area contributed by atoms with Crippen LogP contribution in [0.5, 0.6) is 5.75 Å². The van der Waals surface area contributed by atoms with Crippen molar-refractivity contribution in [3.63, 3.8) is 0 Å². The number of nitrogens with one attached hydrogen (secondary N) is 2.